The maximum Gasteiger partial charge on any atom is 0.220 e. The van der Waals surface area contributed by atoms with Crippen molar-refractivity contribution in [2.75, 3.05) is 73.4 Å². The smallest absolute Gasteiger partial charge is 0.220 e. The van der Waals surface area contributed by atoms with Gasteiger partial charge in [0.15, 0.2) is 4.90 Å². The van der Waals surface area contributed by atoms with E-state index in [0.717, 1.165) is 42.4 Å². The van der Waals surface area contributed by atoms with Crippen LogP contribution >= 0.6 is 23.2 Å². The summed E-state index contributed by atoms with van der Waals surface area (Å²) in [6.45, 7) is 4.68. The second kappa shape index (κ2) is 22.7. The van der Waals surface area contributed by atoms with Crippen LogP contribution in [0.3, 0.4) is 0 Å². The van der Waals surface area contributed by atoms with E-state index in [2.05, 4.69) is 27.3 Å². The molecule has 2 atom stereocenters. The van der Waals surface area contributed by atoms with E-state index in [4.69, 9.17) is 37.4 Å². The van der Waals surface area contributed by atoms with Crippen molar-refractivity contribution in [3.8, 4) is 0 Å². The highest BCUT2D eigenvalue weighted by atomic mass is 35.5. The van der Waals surface area contributed by atoms with Crippen molar-refractivity contribution in [3.63, 3.8) is 0 Å². The first-order chi connectivity index (χ1) is 23.7. The van der Waals surface area contributed by atoms with Crippen LogP contribution in [0.25, 0.3) is 0 Å². The van der Waals surface area contributed by atoms with E-state index < -0.39 is 16.9 Å². The molecule has 0 aromatic heterocycles. The second-order valence-electron chi connectivity index (χ2n) is 12.1. The fraction of sp³-hybridized carbons (Fsp3) is 0.571. The molecule has 1 aliphatic heterocycles. The molecule has 0 saturated carbocycles. The predicted molar refractivity (Wildman–Crippen MR) is 193 cm³/mol. The third-order valence-corrected chi connectivity index (χ3v) is 10.3. The molecule has 11 nitrogen and oxygen atoms in total. The van der Waals surface area contributed by atoms with Crippen LogP contribution in [0, 0.1) is 0 Å². The van der Waals surface area contributed by atoms with Gasteiger partial charge >= 0.3 is 0 Å². The lowest BCUT2D eigenvalue weighted by Gasteiger charge is -2.33. The van der Waals surface area contributed by atoms with Gasteiger partial charge in [0.25, 0.3) is 0 Å². The summed E-state index contributed by atoms with van der Waals surface area (Å²) >= 11 is 11.5. The zero-order chi connectivity index (χ0) is 35.5. The number of halogens is 2. The molecule has 14 heteroatoms. The molecule has 1 heterocycles. The van der Waals surface area contributed by atoms with Gasteiger partial charge in [0.05, 0.1) is 57.5 Å². The van der Waals surface area contributed by atoms with Crippen LogP contribution in [0.1, 0.15) is 61.1 Å². The normalized spacial score (nSPS) is 15.5. The topological polar surface area (TPSA) is 141 Å². The van der Waals surface area contributed by atoms with Gasteiger partial charge in [-0.2, -0.15) is 0 Å². The van der Waals surface area contributed by atoms with E-state index in [-0.39, 0.29) is 11.8 Å². The number of amides is 1. The Hall–Kier alpha value is -2.10. The van der Waals surface area contributed by atoms with Gasteiger partial charge in [0.1, 0.15) is 12.6 Å². The van der Waals surface area contributed by atoms with Crippen LogP contribution in [0.4, 0.5) is 0 Å². The molecule has 2 aromatic carbocycles. The predicted octanol–water partition coefficient (Wildman–Crippen LogP) is 4.05. The van der Waals surface area contributed by atoms with E-state index in [0.29, 0.717) is 106 Å². The van der Waals surface area contributed by atoms with Gasteiger partial charge in [-0.3, -0.25) is 4.79 Å². The first kappa shape index (κ1) is 41.3. The van der Waals surface area contributed by atoms with Crippen LogP contribution in [0.5, 0.6) is 0 Å². The summed E-state index contributed by atoms with van der Waals surface area (Å²) in [4.78, 5) is 36.9. The van der Waals surface area contributed by atoms with Gasteiger partial charge in [0.2, 0.25) is 5.91 Å². The van der Waals surface area contributed by atoms with Gasteiger partial charge in [-0.1, -0.05) is 35.3 Å². The van der Waals surface area contributed by atoms with Crippen molar-refractivity contribution < 1.29 is 33.1 Å². The summed E-state index contributed by atoms with van der Waals surface area (Å²) in [6, 6.07) is 11.6. The molecule has 49 heavy (non-hydrogen) atoms. The molecular weight excluding hydrogens is 691 g/mol. The minimum Gasteiger partial charge on any atom is -0.593 e. The number of benzene rings is 2. The van der Waals surface area contributed by atoms with Crippen molar-refractivity contribution in [1.29, 1.82) is 0 Å². The Kier molecular flexibility index (Phi) is 19.1. The van der Waals surface area contributed by atoms with E-state index in [1.54, 1.807) is 13.1 Å². The molecule has 1 amide bonds. The van der Waals surface area contributed by atoms with Crippen LogP contribution in [0.2, 0.25) is 10.0 Å². The average Bonchev–Trinajstić information content (AvgIpc) is 3.10. The van der Waals surface area contributed by atoms with Crippen LogP contribution in [-0.2, 0) is 46.5 Å². The Labute approximate surface area is 303 Å². The van der Waals surface area contributed by atoms with Gasteiger partial charge in [-0.15, -0.1) is 4.72 Å². The molecule has 0 aliphatic carbocycles. The summed E-state index contributed by atoms with van der Waals surface area (Å²) in [5.41, 5.74) is 2.83. The van der Waals surface area contributed by atoms with E-state index in [9.17, 15) is 18.9 Å². The Morgan fingerprint density at radius 3 is 2.29 bits per heavy atom. The Balaban J connectivity index is 1.23. The van der Waals surface area contributed by atoms with E-state index in [1.807, 2.05) is 30.3 Å². The molecule has 0 radical (unpaired) electrons. The highest BCUT2D eigenvalue weighted by Crippen LogP contribution is 2.38. The van der Waals surface area contributed by atoms with Crippen molar-refractivity contribution in [2.24, 2.45) is 0 Å². The van der Waals surface area contributed by atoms with Crippen molar-refractivity contribution >= 4 is 53.0 Å². The fourth-order valence-electron chi connectivity index (χ4n) is 5.93. The number of nitrogens with zero attached hydrogens (tertiary/aromatic N) is 1. The fourth-order valence-corrected chi connectivity index (χ4v) is 7.38. The Morgan fingerprint density at radius 1 is 0.980 bits per heavy atom. The summed E-state index contributed by atoms with van der Waals surface area (Å²) in [5.74, 6) is -0.0329. The largest absolute Gasteiger partial charge is 0.593 e. The van der Waals surface area contributed by atoms with Crippen LogP contribution in [-0.4, -0.2) is 107 Å². The molecule has 0 saturated heterocycles. The van der Waals surface area contributed by atoms with Gasteiger partial charge < -0.3 is 43.9 Å². The third kappa shape index (κ3) is 14.2. The standard InChI is InChI=1S/C35H50Cl2N4O7S/c1-38-35(9-4-14-42,10-5-15-43)11-8-34(44)39-12-16-46-18-20-48-21-19-47-17-13-40-49(45)29-7-3-6-27(22-29)31-25-41(2)26-32-30(31)23-28(36)24-33(32)37/h3,6-7,14-15,22-24,31,38,40H,4-5,8-13,16-21,25-26H2,1-2H3,(H,39,44)/t31-,49?/m0/s1. The number of nitrogens with one attached hydrogen (secondary N) is 3. The lowest BCUT2D eigenvalue weighted by Crippen LogP contribution is -2.44. The van der Waals surface area contributed by atoms with Crippen molar-refractivity contribution in [1.82, 2.24) is 20.3 Å². The lowest BCUT2D eigenvalue weighted by molar-refractivity contribution is -0.121. The number of rotatable bonds is 25. The van der Waals surface area contributed by atoms with Gasteiger partial charge in [-0.25, -0.2) is 0 Å². The molecule has 1 aliphatic rings. The highest BCUT2D eigenvalue weighted by Gasteiger charge is 2.29. The summed E-state index contributed by atoms with van der Waals surface area (Å²) in [5, 5.41) is 7.33. The number of carbonyl (C=O) groups is 3. The Morgan fingerprint density at radius 2 is 1.63 bits per heavy atom. The average molecular weight is 742 g/mol. The number of aldehydes is 2. The van der Waals surface area contributed by atoms with Crippen LogP contribution < -0.4 is 15.4 Å². The summed E-state index contributed by atoms with van der Waals surface area (Å²) < 4.78 is 32.7. The number of hydrogen-bond donors (Lipinski definition) is 3. The highest BCUT2D eigenvalue weighted by molar-refractivity contribution is 7.89. The Bertz CT molecular complexity index is 1310. The molecule has 0 fully saturated rings. The minimum absolute atomic E-state index is 0.0682. The monoisotopic (exact) mass is 740 g/mol. The van der Waals surface area contributed by atoms with E-state index >= 15 is 0 Å². The van der Waals surface area contributed by atoms with Gasteiger partial charge in [-0.05, 0) is 74.3 Å². The number of carbonyl (C=O) groups excluding carboxylic acids is 3. The molecule has 1 unspecified atom stereocenters. The number of ether oxygens (including phenoxy) is 3. The molecule has 0 bridgehead atoms. The number of fused-ring (bicyclic) bond motifs is 1. The van der Waals surface area contributed by atoms with Gasteiger partial charge in [0, 0.05) is 60.4 Å². The van der Waals surface area contributed by atoms with Crippen molar-refractivity contribution in [3.05, 3.63) is 63.1 Å². The minimum atomic E-state index is -1.40. The molecule has 272 valence electrons. The summed E-state index contributed by atoms with van der Waals surface area (Å²) in [6.07, 6.45) is 4.46. The van der Waals surface area contributed by atoms with E-state index in [1.165, 1.54) is 0 Å². The second-order valence-corrected chi connectivity index (χ2v) is 14.2. The molecule has 3 rings (SSSR count). The quantitative estimate of drug-likeness (QED) is 0.0776. The number of likely N-dealkylation sites (N-methyl/N-ethyl adjacent to an activating group) is 1. The first-order valence-electron chi connectivity index (χ1n) is 16.7. The molecule has 2 aromatic rings. The molecule has 3 N–H and O–H groups in total. The zero-order valence-corrected chi connectivity index (χ0v) is 30.8. The molecule has 0 spiro atoms. The SMILES string of the molecule is CNC(CCC=O)(CCC=O)CCC(=O)NCCOCCOCCOCCN[S+]([O-])c1cccc([C@@H]2CN(C)Cc3c(Cl)cc(Cl)cc32)c1. The first-order valence-corrected chi connectivity index (χ1v) is 18.6. The molecular formula is C35H50Cl2N4O7S. The maximum absolute atomic E-state index is 13.0. The van der Waals surface area contributed by atoms with Crippen LogP contribution in [0.15, 0.2) is 41.3 Å². The number of hydrogen-bond acceptors (Lipinski definition) is 10. The lowest BCUT2D eigenvalue weighted by atomic mass is 9.84. The maximum atomic E-state index is 13.0. The van der Waals surface area contributed by atoms with Crippen molar-refractivity contribution in [2.45, 2.75) is 61.4 Å². The zero-order valence-electron chi connectivity index (χ0n) is 28.5. The third-order valence-electron chi connectivity index (χ3n) is 8.60. The summed E-state index contributed by atoms with van der Waals surface area (Å²) in [7, 11) is 3.86.